The van der Waals surface area contributed by atoms with E-state index < -0.39 is 0 Å². The molecule has 1 aliphatic heterocycles. The third kappa shape index (κ3) is 2.99. The summed E-state index contributed by atoms with van der Waals surface area (Å²) >= 11 is 0. The molecule has 1 aromatic carbocycles. The van der Waals surface area contributed by atoms with Crippen LogP contribution in [-0.2, 0) is 6.54 Å². The molecule has 2 aromatic rings. The fourth-order valence-corrected chi connectivity index (χ4v) is 2.98. The van der Waals surface area contributed by atoms with Crippen molar-refractivity contribution in [3.8, 4) is 0 Å². The van der Waals surface area contributed by atoms with Gasteiger partial charge in [-0.15, -0.1) is 0 Å². The van der Waals surface area contributed by atoms with E-state index in [0.717, 1.165) is 19.6 Å². The van der Waals surface area contributed by atoms with Gasteiger partial charge in [0.05, 0.1) is 0 Å². The summed E-state index contributed by atoms with van der Waals surface area (Å²) in [7, 11) is 2.20. The Kier molecular flexibility index (Phi) is 3.97. The lowest BCUT2D eigenvalue weighted by atomic mass is 9.90. The number of pyridine rings is 1. The molecular weight excluding hydrogens is 246 g/mol. The van der Waals surface area contributed by atoms with Crippen molar-refractivity contribution in [3.05, 3.63) is 59.9 Å². The van der Waals surface area contributed by atoms with E-state index in [0.29, 0.717) is 5.92 Å². The minimum Gasteiger partial charge on any atom is -0.385 e. The van der Waals surface area contributed by atoms with Crippen LogP contribution >= 0.6 is 0 Å². The van der Waals surface area contributed by atoms with E-state index in [2.05, 4.69) is 58.6 Å². The van der Waals surface area contributed by atoms with E-state index in [9.17, 15) is 0 Å². The van der Waals surface area contributed by atoms with Crippen molar-refractivity contribution in [2.24, 2.45) is 0 Å². The summed E-state index contributed by atoms with van der Waals surface area (Å²) in [6.07, 6.45) is 4.93. The van der Waals surface area contributed by atoms with Gasteiger partial charge < -0.3 is 10.2 Å². The number of hydrogen-bond acceptors (Lipinski definition) is 3. The molecule has 0 radical (unpaired) electrons. The summed E-state index contributed by atoms with van der Waals surface area (Å²) in [6.45, 7) is 3.15. The fourth-order valence-electron chi connectivity index (χ4n) is 2.98. The predicted octanol–water partition coefficient (Wildman–Crippen LogP) is 3.11. The average molecular weight is 267 g/mol. The normalized spacial score (nSPS) is 17.6. The van der Waals surface area contributed by atoms with Gasteiger partial charge in [0.25, 0.3) is 0 Å². The minimum atomic E-state index is 0.624. The maximum Gasteiger partial charge on any atom is 0.0376 e. The number of fused-ring (bicyclic) bond motifs is 1. The molecule has 20 heavy (non-hydrogen) atoms. The van der Waals surface area contributed by atoms with Gasteiger partial charge in [0.1, 0.15) is 0 Å². The van der Waals surface area contributed by atoms with Gasteiger partial charge in [-0.1, -0.05) is 18.2 Å². The molecule has 104 valence electrons. The number of aromatic nitrogens is 1. The lowest BCUT2D eigenvalue weighted by Crippen LogP contribution is -2.28. The quantitative estimate of drug-likeness (QED) is 0.922. The van der Waals surface area contributed by atoms with E-state index in [-0.39, 0.29) is 0 Å². The van der Waals surface area contributed by atoms with Crippen LogP contribution in [0.2, 0.25) is 0 Å². The Balaban J connectivity index is 1.66. The van der Waals surface area contributed by atoms with Gasteiger partial charge in [-0.25, -0.2) is 0 Å². The molecular formula is C17H21N3. The Hall–Kier alpha value is -1.87. The Morgan fingerprint density at radius 2 is 2.00 bits per heavy atom. The topological polar surface area (TPSA) is 28.2 Å². The molecule has 0 saturated heterocycles. The Morgan fingerprint density at radius 3 is 2.85 bits per heavy atom. The number of hydrogen-bond donors (Lipinski definition) is 1. The van der Waals surface area contributed by atoms with Gasteiger partial charge in [-0.3, -0.25) is 4.98 Å². The summed E-state index contributed by atoms with van der Waals surface area (Å²) in [5, 5.41) is 3.49. The third-order valence-corrected chi connectivity index (χ3v) is 3.94. The second-order valence-corrected chi connectivity index (χ2v) is 5.55. The van der Waals surface area contributed by atoms with Crippen LogP contribution in [0.25, 0.3) is 0 Å². The van der Waals surface area contributed by atoms with Gasteiger partial charge in [-0.2, -0.15) is 0 Å². The first-order valence-corrected chi connectivity index (χ1v) is 7.23. The van der Waals surface area contributed by atoms with Crippen LogP contribution in [0.4, 0.5) is 5.69 Å². The molecule has 0 aliphatic carbocycles. The molecule has 0 amide bonds. The molecule has 3 rings (SSSR count). The van der Waals surface area contributed by atoms with Gasteiger partial charge in [-0.05, 0) is 42.8 Å². The van der Waals surface area contributed by atoms with Crippen LogP contribution in [0.1, 0.15) is 23.5 Å². The SMILES string of the molecule is CN(Cc1ccncc1)CC1CCNc2ccccc21. The average Bonchev–Trinajstić information content (AvgIpc) is 2.48. The number of nitrogens with zero attached hydrogens (tertiary/aromatic N) is 2. The number of anilines is 1. The van der Waals surface area contributed by atoms with Crippen molar-refractivity contribution < 1.29 is 0 Å². The number of benzene rings is 1. The van der Waals surface area contributed by atoms with E-state index >= 15 is 0 Å². The molecule has 1 aromatic heterocycles. The molecule has 1 aliphatic rings. The highest BCUT2D eigenvalue weighted by Crippen LogP contribution is 2.31. The van der Waals surface area contributed by atoms with Crippen molar-refractivity contribution in [2.75, 3.05) is 25.5 Å². The van der Waals surface area contributed by atoms with Crippen molar-refractivity contribution in [2.45, 2.75) is 18.9 Å². The van der Waals surface area contributed by atoms with E-state index in [1.165, 1.54) is 23.2 Å². The highest BCUT2D eigenvalue weighted by molar-refractivity contribution is 5.54. The fraction of sp³-hybridized carbons (Fsp3) is 0.353. The maximum atomic E-state index is 4.07. The highest BCUT2D eigenvalue weighted by atomic mass is 15.1. The zero-order chi connectivity index (χ0) is 13.8. The standard InChI is InChI=1S/C17H21N3/c1-20(12-14-6-9-18-10-7-14)13-15-8-11-19-17-5-3-2-4-16(15)17/h2-7,9-10,15,19H,8,11-13H2,1H3. The van der Waals surface area contributed by atoms with Crippen LogP contribution in [0, 0.1) is 0 Å². The first kappa shape index (κ1) is 13.1. The molecule has 2 heterocycles. The van der Waals surface area contributed by atoms with Crippen LogP contribution in [0.3, 0.4) is 0 Å². The molecule has 1 N–H and O–H groups in total. The van der Waals surface area contributed by atoms with Gasteiger partial charge in [0.2, 0.25) is 0 Å². The van der Waals surface area contributed by atoms with Crippen molar-refractivity contribution in [3.63, 3.8) is 0 Å². The summed E-state index contributed by atoms with van der Waals surface area (Å²) in [6, 6.07) is 12.9. The Morgan fingerprint density at radius 1 is 1.20 bits per heavy atom. The minimum absolute atomic E-state index is 0.624. The third-order valence-electron chi connectivity index (χ3n) is 3.94. The molecule has 0 bridgehead atoms. The zero-order valence-corrected chi connectivity index (χ0v) is 11.9. The molecule has 1 atom stereocenters. The summed E-state index contributed by atoms with van der Waals surface area (Å²) in [5.41, 5.74) is 4.09. The number of para-hydroxylation sites is 1. The largest absolute Gasteiger partial charge is 0.385 e. The van der Waals surface area contributed by atoms with Crippen molar-refractivity contribution in [1.29, 1.82) is 0 Å². The van der Waals surface area contributed by atoms with Crippen LogP contribution in [-0.4, -0.2) is 30.0 Å². The first-order valence-electron chi connectivity index (χ1n) is 7.23. The maximum absolute atomic E-state index is 4.07. The van der Waals surface area contributed by atoms with Crippen molar-refractivity contribution in [1.82, 2.24) is 9.88 Å². The predicted molar refractivity (Wildman–Crippen MR) is 82.9 cm³/mol. The van der Waals surface area contributed by atoms with E-state index in [1.807, 2.05) is 12.4 Å². The summed E-state index contributed by atoms with van der Waals surface area (Å²) in [5.74, 6) is 0.624. The number of rotatable bonds is 4. The molecule has 1 unspecified atom stereocenters. The lowest BCUT2D eigenvalue weighted by Gasteiger charge is -2.30. The lowest BCUT2D eigenvalue weighted by molar-refractivity contribution is 0.297. The second-order valence-electron chi connectivity index (χ2n) is 5.55. The Bertz CT molecular complexity index is 553. The monoisotopic (exact) mass is 267 g/mol. The molecule has 0 fully saturated rings. The molecule has 0 saturated carbocycles. The van der Waals surface area contributed by atoms with E-state index in [1.54, 1.807) is 0 Å². The first-order chi connectivity index (χ1) is 9.83. The Labute approximate surface area is 120 Å². The number of nitrogens with one attached hydrogen (secondary N) is 1. The van der Waals surface area contributed by atoms with Crippen molar-refractivity contribution >= 4 is 5.69 Å². The van der Waals surface area contributed by atoms with Crippen LogP contribution in [0.5, 0.6) is 0 Å². The van der Waals surface area contributed by atoms with Crippen LogP contribution < -0.4 is 5.32 Å². The highest BCUT2D eigenvalue weighted by Gasteiger charge is 2.20. The second kappa shape index (κ2) is 6.06. The van der Waals surface area contributed by atoms with Crippen LogP contribution in [0.15, 0.2) is 48.8 Å². The summed E-state index contributed by atoms with van der Waals surface area (Å²) < 4.78 is 0. The van der Waals surface area contributed by atoms with Gasteiger partial charge in [0, 0.05) is 43.6 Å². The van der Waals surface area contributed by atoms with E-state index in [4.69, 9.17) is 0 Å². The number of likely N-dealkylation sites (N-methyl/N-ethyl adjacent to an activating group) is 1. The molecule has 3 nitrogen and oxygen atoms in total. The van der Waals surface area contributed by atoms with Gasteiger partial charge in [0.15, 0.2) is 0 Å². The molecule has 3 heteroatoms. The summed E-state index contributed by atoms with van der Waals surface area (Å²) in [4.78, 5) is 6.48. The van der Waals surface area contributed by atoms with Gasteiger partial charge >= 0.3 is 0 Å². The zero-order valence-electron chi connectivity index (χ0n) is 11.9. The smallest absolute Gasteiger partial charge is 0.0376 e. The molecule has 0 spiro atoms.